The molecule has 0 aliphatic carbocycles. The number of thioether (sulfide) groups is 1. The number of esters is 1. The number of ether oxygens (including phenoxy) is 1. The van der Waals surface area contributed by atoms with Gasteiger partial charge in [0, 0.05) is 35.6 Å². The van der Waals surface area contributed by atoms with Crippen molar-refractivity contribution in [1.82, 2.24) is 19.6 Å². The van der Waals surface area contributed by atoms with E-state index < -0.39 is 34.1 Å². The molecule has 1 aromatic heterocycles. The van der Waals surface area contributed by atoms with Crippen molar-refractivity contribution in [2.45, 2.75) is 24.9 Å². The summed E-state index contributed by atoms with van der Waals surface area (Å²) in [4.78, 5) is 58.4. The number of non-ortho nitro benzene ring substituents is 1. The van der Waals surface area contributed by atoms with Crippen LogP contribution in [0.3, 0.4) is 0 Å². The lowest BCUT2D eigenvalue weighted by Gasteiger charge is -2.47. The lowest BCUT2D eigenvalue weighted by atomic mass is 10.1. The summed E-state index contributed by atoms with van der Waals surface area (Å²) in [6.07, 6.45) is 1.40. The van der Waals surface area contributed by atoms with Gasteiger partial charge in [0.1, 0.15) is 24.6 Å². The average Bonchev–Trinajstić information content (AvgIpc) is 3.31. The number of nitrogens with two attached hydrogens (primary N) is 1. The quantitative estimate of drug-likeness (QED) is 0.152. The highest BCUT2D eigenvalue weighted by molar-refractivity contribution is 8.00. The number of benzene rings is 1. The molecule has 0 saturated carbocycles. The summed E-state index contributed by atoms with van der Waals surface area (Å²) in [7, 11) is 0. The van der Waals surface area contributed by atoms with E-state index in [0.29, 0.717) is 5.56 Å². The first kappa shape index (κ1) is 25.1. The number of hydrogen-bond acceptors (Lipinski definition) is 13. The largest absolute Gasteiger partial charge is 0.457 e. The van der Waals surface area contributed by atoms with Crippen LogP contribution >= 0.6 is 23.3 Å². The lowest BCUT2D eigenvalue weighted by molar-refractivity contribution is -0.384. The number of carbonyl (C=O) groups is 3. The predicted octanol–water partition coefficient (Wildman–Crippen LogP) is 0.796. The minimum absolute atomic E-state index is 0.0127. The number of nitrogens with zero attached hydrogens (tertiary/aromatic N) is 5. The average molecular weight is 534 g/mol. The first-order chi connectivity index (χ1) is 17.3. The molecule has 2 aliphatic heterocycles. The molecular weight excluding hydrogens is 514 g/mol. The molecule has 3 N–H and O–H groups in total. The maximum absolute atomic E-state index is 12.8. The van der Waals surface area contributed by atoms with Gasteiger partial charge in [-0.15, -0.1) is 11.8 Å². The Morgan fingerprint density at radius 2 is 2.11 bits per heavy atom. The zero-order valence-corrected chi connectivity index (χ0v) is 20.3. The number of amides is 2. The molecule has 2 amide bonds. The molecule has 36 heavy (non-hydrogen) atoms. The van der Waals surface area contributed by atoms with Gasteiger partial charge in [-0.3, -0.25) is 19.7 Å². The third kappa shape index (κ3) is 5.28. The van der Waals surface area contributed by atoms with Crippen LogP contribution in [-0.4, -0.2) is 66.5 Å². The molecule has 0 spiro atoms. The molecule has 1 unspecified atom stereocenters. The molecule has 3 heterocycles. The number of fused-ring (bicyclic) bond motifs is 1. The number of nitro groups is 1. The number of carbonyl (C=O) groups excluding carboxylic acids is 3. The summed E-state index contributed by atoms with van der Waals surface area (Å²) in [5, 5.41) is 16.8. The van der Waals surface area contributed by atoms with E-state index >= 15 is 0 Å². The second-order valence-electron chi connectivity index (χ2n) is 7.37. The van der Waals surface area contributed by atoms with Crippen molar-refractivity contribution in [2.24, 2.45) is 5.16 Å². The fourth-order valence-electron chi connectivity index (χ4n) is 3.23. The normalized spacial score (nSPS) is 19.0. The molecule has 4 rings (SSSR count). The van der Waals surface area contributed by atoms with Crippen LogP contribution in [0.25, 0.3) is 0 Å². The van der Waals surface area contributed by atoms with Gasteiger partial charge >= 0.3 is 5.97 Å². The van der Waals surface area contributed by atoms with Crippen molar-refractivity contribution in [2.75, 3.05) is 18.1 Å². The van der Waals surface area contributed by atoms with E-state index in [0.717, 1.165) is 11.5 Å². The van der Waals surface area contributed by atoms with Crippen LogP contribution in [0, 0.1) is 10.1 Å². The van der Waals surface area contributed by atoms with Crippen molar-refractivity contribution in [3.63, 3.8) is 0 Å². The summed E-state index contributed by atoms with van der Waals surface area (Å²) in [6, 6.07) is 4.78. The minimum atomic E-state index is -0.848. The number of rotatable bonds is 9. The molecule has 2 atom stereocenters. The summed E-state index contributed by atoms with van der Waals surface area (Å²) in [6.45, 7) is 1.82. The Labute approximate surface area is 211 Å². The van der Waals surface area contributed by atoms with E-state index in [1.54, 1.807) is 6.92 Å². The highest BCUT2D eigenvalue weighted by Gasteiger charge is 2.50. The van der Waals surface area contributed by atoms with Crippen LogP contribution in [0.2, 0.25) is 0 Å². The summed E-state index contributed by atoms with van der Waals surface area (Å²) < 4.78 is 9.24. The number of β-lactam (4-membered cyclic amide) rings is 1. The molecule has 0 radical (unpaired) electrons. The number of nitrogen functional groups attached to an aromatic ring is 1. The molecule has 188 valence electrons. The SMILES string of the molecule is CCON=C(C(=O)NC1C(=O)N2C=C(C(=O)OCc3ccc([N+](=O)[O-])cc3)CS[C@H]12)c1nsc(N)n1. The van der Waals surface area contributed by atoms with Gasteiger partial charge in [0.05, 0.1) is 10.5 Å². The van der Waals surface area contributed by atoms with E-state index in [1.807, 2.05) is 0 Å². The Morgan fingerprint density at radius 1 is 1.36 bits per heavy atom. The van der Waals surface area contributed by atoms with Gasteiger partial charge in [0.2, 0.25) is 11.5 Å². The van der Waals surface area contributed by atoms with Gasteiger partial charge in [-0.25, -0.2) is 4.79 Å². The number of aromatic nitrogens is 2. The van der Waals surface area contributed by atoms with Gasteiger partial charge < -0.3 is 25.5 Å². The standard InChI is InChI=1S/C20H19N7O7S2/c1-2-34-24-13(15-23-20(21)36-25-15)16(28)22-14-17(29)26-7-11(9-35-18(14)26)19(30)33-8-10-3-5-12(6-4-10)27(31)32/h3-7,14,18H,2,8-9H2,1H3,(H,22,28)(H2,21,23,25)/t14?,18-/m1/s1. The molecule has 1 fully saturated rings. The van der Waals surface area contributed by atoms with Crippen molar-refractivity contribution in [3.8, 4) is 0 Å². The second kappa shape index (κ2) is 10.7. The fraction of sp³-hybridized carbons (Fsp3) is 0.300. The smallest absolute Gasteiger partial charge is 0.336 e. The number of hydrogen-bond donors (Lipinski definition) is 2. The number of nitro benzene ring substituents is 1. The van der Waals surface area contributed by atoms with Crippen LogP contribution in [-0.2, 0) is 30.6 Å². The number of nitrogens with one attached hydrogen (secondary N) is 1. The summed E-state index contributed by atoms with van der Waals surface area (Å²) in [5.74, 6) is -1.48. The molecular formula is C20H19N7O7S2. The number of anilines is 1. The van der Waals surface area contributed by atoms with Crippen LogP contribution in [0.5, 0.6) is 0 Å². The molecule has 1 aromatic carbocycles. The predicted molar refractivity (Wildman–Crippen MR) is 128 cm³/mol. The van der Waals surface area contributed by atoms with Crippen molar-refractivity contribution in [3.05, 3.63) is 57.5 Å². The third-order valence-corrected chi connectivity index (χ3v) is 6.86. The van der Waals surface area contributed by atoms with Crippen LogP contribution in [0.15, 0.2) is 41.2 Å². The monoisotopic (exact) mass is 533 g/mol. The Balaban J connectivity index is 1.35. The van der Waals surface area contributed by atoms with E-state index in [2.05, 4.69) is 19.8 Å². The first-order valence-electron chi connectivity index (χ1n) is 10.4. The second-order valence-corrected chi connectivity index (χ2v) is 9.25. The molecule has 2 aromatic rings. The fourth-order valence-corrected chi connectivity index (χ4v) is 4.91. The molecule has 2 aliphatic rings. The molecule has 14 nitrogen and oxygen atoms in total. The third-order valence-electron chi connectivity index (χ3n) is 5.00. The van der Waals surface area contributed by atoms with Crippen molar-refractivity contribution in [1.29, 1.82) is 0 Å². The van der Waals surface area contributed by atoms with Crippen LogP contribution < -0.4 is 11.1 Å². The molecule has 16 heteroatoms. The van der Waals surface area contributed by atoms with E-state index in [-0.39, 0.29) is 46.9 Å². The topological polar surface area (TPSA) is 192 Å². The Bertz CT molecular complexity index is 1260. The zero-order chi connectivity index (χ0) is 25.8. The zero-order valence-electron chi connectivity index (χ0n) is 18.7. The highest BCUT2D eigenvalue weighted by atomic mass is 32.2. The van der Waals surface area contributed by atoms with Gasteiger partial charge in [-0.05, 0) is 24.6 Å². The Hall–Kier alpha value is -4.05. The van der Waals surface area contributed by atoms with Gasteiger partial charge in [0.15, 0.2) is 5.13 Å². The summed E-state index contributed by atoms with van der Waals surface area (Å²) >= 11 is 2.18. The first-order valence-corrected chi connectivity index (χ1v) is 12.3. The molecule has 1 saturated heterocycles. The van der Waals surface area contributed by atoms with Gasteiger partial charge in [-0.1, -0.05) is 5.16 Å². The Kier molecular flexibility index (Phi) is 7.44. The Morgan fingerprint density at radius 3 is 2.75 bits per heavy atom. The van der Waals surface area contributed by atoms with Gasteiger partial charge in [-0.2, -0.15) is 9.36 Å². The lowest BCUT2D eigenvalue weighted by Crippen LogP contribution is -2.69. The van der Waals surface area contributed by atoms with E-state index in [4.69, 9.17) is 15.3 Å². The van der Waals surface area contributed by atoms with Crippen LogP contribution in [0.4, 0.5) is 10.8 Å². The van der Waals surface area contributed by atoms with E-state index in [1.165, 1.54) is 47.1 Å². The highest BCUT2D eigenvalue weighted by Crippen LogP contribution is 2.36. The van der Waals surface area contributed by atoms with Crippen molar-refractivity contribution < 1.29 is 28.9 Å². The van der Waals surface area contributed by atoms with Gasteiger partial charge in [0.25, 0.3) is 17.5 Å². The molecule has 0 bridgehead atoms. The summed E-state index contributed by atoms with van der Waals surface area (Å²) in [5.41, 5.74) is 6.17. The maximum Gasteiger partial charge on any atom is 0.336 e. The van der Waals surface area contributed by atoms with Crippen LogP contribution in [0.1, 0.15) is 18.3 Å². The maximum atomic E-state index is 12.8. The number of oxime groups is 1. The van der Waals surface area contributed by atoms with E-state index in [9.17, 15) is 24.5 Å². The minimum Gasteiger partial charge on any atom is -0.457 e. The van der Waals surface area contributed by atoms with Crippen molar-refractivity contribution >= 4 is 57.6 Å².